The number of carbonyl (C=O) groups is 1. The van der Waals surface area contributed by atoms with Gasteiger partial charge in [0.25, 0.3) is 5.91 Å². The van der Waals surface area contributed by atoms with Crippen LogP contribution in [0.2, 0.25) is 5.15 Å². The topological polar surface area (TPSA) is 64.1 Å². The van der Waals surface area contributed by atoms with Gasteiger partial charge in [-0.05, 0) is 13.8 Å². The van der Waals surface area contributed by atoms with Crippen molar-refractivity contribution >= 4 is 23.3 Å². The number of halogens is 1. The molecule has 0 spiro atoms. The van der Waals surface area contributed by atoms with E-state index in [1.807, 2.05) is 13.8 Å². The third kappa shape index (κ3) is 4.71. The van der Waals surface area contributed by atoms with E-state index >= 15 is 0 Å². The first kappa shape index (κ1) is 11.9. The summed E-state index contributed by atoms with van der Waals surface area (Å²) < 4.78 is 5.11. The van der Waals surface area contributed by atoms with E-state index in [4.69, 9.17) is 16.3 Å². The SMILES string of the molecule is CC(C)OCC(=O)Nc1cnc(Cl)cn1. The maximum atomic E-state index is 11.3. The lowest BCUT2D eigenvalue weighted by atomic mass is 10.5. The van der Waals surface area contributed by atoms with Crippen molar-refractivity contribution in [1.82, 2.24) is 9.97 Å². The Kier molecular flexibility index (Phi) is 4.45. The molecular formula is C9H12ClN3O2. The number of nitrogens with one attached hydrogen (secondary N) is 1. The lowest BCUT2D eigenvalue weighted by molar-refractivity contribution is -0.121. The molecule has 0 aliphatic carbocycles. The molecule has 0 atom stereocenters. The third-order valence-corrected chi connectivity index (χ3v) is 1.63. The number of hydrogen-bond acceptors (Lipinski definition) is 4. The first-order chi connectivity index (χ1) is 7.08. The van der Waals surface area contributed by atoms with E-state index in [-0.39, 0.29) is 23.8 Å². The minimum absolute atomic E-state index is 0.00196. The number of rotatable bonds is 4. The Labute approximate surface area is 92.8 Å². The second kappa shape index (κ2) is 5.63. The summed E-state index contributed by atoms with van der Waals surface area (Å²) in [6.07, 6.45) is 2.77. The predicted octanol–water partition coefficient (Wildman–Crippen LogP) is 1.49. The molecule has 1 aromatic rings. The number of aromatic nitrogens is 2. The van der Waals surface area contributed by atoms with Crippen LogP contribution in [0.15, 0.2) is 12.4 Å². The molecule has 6 heteroatoms. The zero-order valence-electron chi connectivity index (χ0n) is 8.53. The number of ether oxygens (including phenoxy) is 1. The normalized spacial score (nSPS) is 10.4. The molecule has 0 unspecified atom stereocenters. The standard InChI is InChI=1S/C9H12ClN3O2/c1-6(2)15-5-9(14)13-8-4-11-7(10)3-12-8/h3-4,6H,5H2,1-2H3,(H,12,13,14). The maximum Gasteiger partial charge on any atom is 0.251 e. The summed E-state index contributed by atoms with van der Waals surface area (Å²) >= 11 is 5.54. The summed E-state index contributed by atoms with van der Waals surface area (Å²) in [6, 6.07) is 0. The fraction of sp³-hybridized carbons (Fsp3) is 0.444. The second-order valence-corrected chi connectivity index (χ2v) is 3.52. The minimum atomic E-state index is -0.264. The van der Waals surface area contributed by atoms with Gasteiger partial charge < -0.3 is 10.1 Å². The van der Waals surface area contributed by atoms with Gasteiger partial charge in [0.2, 0.25) is 0 Å². The summed E-state index contributed by atoms with van der Waals surface area (Å²) in [6.45, 7) is 3.72. The van der Waals surface area contributed by atoms with Crippen molar-refractivity contribution in [3.63, 3.8) is 0 Å². The van der Waals surface area contributed by atoms with Gasteiger partial charge in [-0.3, -0.25) is 4.79 Å². The summed E-state index contributed by atoms with van der Waals surface area (Å²) in [4.78, 5) is 18.9. The van der Waals surface area contributed by atoms with E-state index in [2.05, 4.69) is 15.3 Å². The molecule has 1 amide bonds. The lowest BCUT2D eigenvalue weighted by Gasteiger charge is -2.07. The van der Waals surface area contributed by atoms with Gasteiger partial charge in [0.15, 0.2) is 5.82 Å². The van der Waals surface area contributed by atoms with Crippen LogP contribution < -0.4 is 5.32 Å². The summed E-state index contributed by atoms with van der Waals surface area (Å²) in [7, 11) is 0. The van der Waals surface area contributed by atoms with Crippen LogP contribution in [0.25, 0.3) is 0 Å². The van der Waals surface area contributed by atoms with Crippen molar-refractivity contribution in [3.05, 3.63) is 17.5 Å². The maximum absolute atomic E-state index is 11.3. The van der Waals surface area contributed by atoms with Gasteiger partial charge in [0, 0.05) is 0 Å². The van der Waals surface area contributed by atoms with Crippen molar-refractivity contribution in [2.75, 3.05) is 11.9 Å². The van der Waals surface area contributed by atoms with Gasteiger partial charge in [-0.25, -0.2) is 9.97 Å². The molecule has 5 nitrogen and oxygen atoms in total. The van der Waals surface area contributed by atoms with Crippen molar-refractivity contribution in [3.8, 4) is 0 Å². The average molecular weight is 230 g/mol. The highest BCUT2D eigenvalue weighted by Crippen LogP contribution is 2.04. The largest absolute Gasteiger partial charge is 0.369 e. The van der Waals surface area contributed by atoms with Crippen molar-refractivity contribution < 1.29 is 9.53 Å². The van der Waals surface area contributed by atoms with Crippen LogP contribution in [0.1, 0.15) is 13.8 Å². The molecule has 0 fully saturated rings. The summed E-state index contributed by atoms with van der Waals surface area (Å²) in [5, 5.41) is 2.81. The van der Waals surface area contributed by atoms with Gasteiger partial charge in [-0.2, -0.15) is 0 Å². The van der Waals surface area contributed by atoms with E-state index < -0.39 is 0 Å². The minimum Gasteiger partial charge on any atom is -0.369 e. The Balaban J connectivity index is 2.41. The highest BCUT2D eigenvalue weighted by molar-refractivity contribution is 6.29. The Bertz CT molecular complexity index is 327. The molecule has 15 heavy (non-hydrogen) atoms. The van der Waals surface area contributed by atoms with Gasteiger partial charge in [0.05, 0.1) is 18.5 Å². The molecule has 1 rings (SSSR count). The van der Waals surface area contributed by atoms with Crippen LogP contribution in [0.5, 0.6) is 0 Å². The first-order valence-corrected chi connectivity index (χ1v) is 4.84. The summed E-state index contributed by atoms with van der Waals surface area (Å²) in [5.74, 6) is 0.0945. The molecular weight excluding hydrogens is 218 g/mol. The monoisotopic (exact) mass is 229 g/mol. The van der Waals surface area contributed by atoms with Crippen LogP contribution >= 0.6 is 11.6 Å². The molecule has 0 aliphatic heterocycles. The zero-order chi connectivity index (χ0) is 11.3. The number of hydrogen-bond donors (Lipinski definition) is 1. The molecule has 0 aromatic carbocycles. The number of nitrogens with zero attached hydrogens (tertiary/aromatic N) is 2. The van der Waals surface area contributed by atoms with Crippen molar-refractivity contribution in [2.45, 2.75) is 20.0 Å². The summed E-state index contributed by atoms with van der Waals surface area (Å²) in [5.41, 5.74) is 0. The predicted molar refractivity (Wildman–Crippen MR) is 56.8 cm³/mol. The van der Waals surface area contributed by atoms with Gasteiger partial charge >= 0.3 is 0 Å². The van der Waals surface area contributed by atoms with E-state index in [1.54, 1.807) is 0 Å². The quantitative estimate of drug-likeness (QED) is 0.850. The molecule has 1 aromatic heterocycles. The molecule has 0 aliphatic rings. The van der Waals surface area contributed by atoms with E-state index in [0.29, 0.717) is 5.82 Å². The number of anilines is 1. The van der Waals surface area contributed by atoms with Crippen molar-refractivity contribution in [1.29, 1.82) is 0 Å². The molecule has 0 radical (unpaired) electrons. The Morgan fingerprint density at radius 2 is 2.27 bits per heavy atom. The molecule has 0 bridgehead atoms. The zero-order valence-corrected chi connectivity index (χ0v) is 9.28. The third-order valence-electron chi connectivity index (χ3n) is 1.44. The second-order valence-electron chi connectivity index (χ2n) is 3.13. The Hall–Kier alpha value is -1.20. The number of amides is 1. The highest BCUT2D eigenvalue weighted by atomic mass is 35.5. The molecule has 82 valence electrons. The van der Waals surface area contributed by atoms with Crippen molar-refractivity contribution in [2.24, 2.45) is 0 Å². The van der Waals surface area contributed by atoms with E-state index in [9.17, 15) is 4.79 Å². The van der Waals surface area contributed by atoms with Gasteiger partial charge in [-0.1, -0.05) is 11.6 Å². The molecule has 1 N–H and O–H groups in total. The Morgan fingerprint density at radius 3 is 2.80 bits per heavy atom. The average Bonchev–Trinajstić information content (AvgIpc) is 2.19. The van der Waals surface area contributed by atoms with Gasteiger partial charge in [0.1, 0.15) is 11.8 Å². The van der Waals surface area contributed by atoms with E-state index in [0.717, 1.165) is 0 Å². The fourth-order valence-corrected chi connectivity index (χ4v) is 0.896. The van der Waals surface area contributed by atoms with Crippen LogP contribution in [-0.4, -0.2) is 28.6 Å². The van der Waals surface area contributed by atoms with Crippen LogP contribution in [0.3, 0.4) is 0 Å². The smallest absolute Gasteiger partial charge is 0.251 e. The van der Waals surface area contributed by atoms with Crippen LogP contribution in [0.4, 0.5) is 5.82 Å². The fourth-order valence-electron chi connectivity index (χ4n) is 0.798. The van der Waals surface area contributed by atoms with Crippen LogP contribution in [-0.2, 0) is 9.53 Å². The molecule has 0 saturated heterocycles. The number of carbonyl (C=O) groups excluding carboxylic acids is 1. The molecule has 1 heterocycles. The highest BCUT2D eigenvalue weighted by Gasteiger charge is 2.04. The Morgan fingerprint density at radius 1 is 1.53 bits per heavy atom. The molecule has 0 saturated carbocycles. The van der Waals surface area contributed by atoms with Gasteiger partial charge in [-0.15, -0.1) is 0 Å². The van der Waals surface area contributed by atoms with Crippen LogP contribution in [0, 0.1) is 0 Å². The van der Waals surface area contributed by atoms with E-state index in [1.165, 1.54) is 12.4 Å². The lowest BCUT2D eigenvalue weighted by Crippen LogP contribution is -2.21. The first-order valence-electron chi connectivity index (χ1n) is 4.47.